The van der Waals surface area contributed by atoms with Crippen molar-refractivity contribution in [1.82, 2.24) is 9.80 Å². The number of rotatable bonds is 3. The Balaban J connectivity index is 2.29. The van der Waals surface area contributed by atoms with Gasteiger partial charge >= 0.3 is 0 Å². The highest BCUT2D eigenvalue weighted by molar-refractivity contribution is 6.16. The number of hydrogen-bond acceptors (Lipinski definition) is 5. The molecule has 0 unspecified atom stereocenters. The lowest BCUT2D eigenvalue weighted by atomic mass is 10.5. The van der Waals surface area contributed by atoms with Gasteiger partial charge in [-0.25, -0.2) is 9.80 Å². The van der Waals surface area contributed by atoms with E-state index in [2.05, 4.69) is 0 Å². The topological polar surface area (TPSA) is 84.0 Å². The van der Waals surface area contributed by atoms with Crippen LogP contribution in [0.3, 0.4) is 0 Å². The van der Waals surface area contributed by atoms with Crippen LogP contribution in [-0.2, 0) is 23.9 Å². The molecule has 2 aliphatic heterocycles. The third-order valence-electron chi connectivity index (χ3n) is 2.34. The molecule has 0 aliphatic carbocycles. The van der Waals surface area contributed by atoms with Crippen molar-refractivity contribution >= 4 is 23.6 Å². The minimum absolute atomic E-state index is 0.630. The molecule has 0 N–H and O–H groups in total. The second-order valence-electron chi connectivity index (χ2n) is 3.32. The molecule has 0 spiro atoms. The summed E-state index contributed by atoms with van der Waals surface area (Å²) in [6.07, 6.45) is 2.85. The second-order valence-corrected chi connectivity index (χ2v) is 3.32. The lowest BCUT2D eigenvalue weighted by Gasteiger charge is -2.30. The van der Waals surface area contributed by atoms with Crippen LogP contribution < -0.4 is 0 Å². The van der Waals surface area contributed by atoms with Gasteiger partial charge in [0.25, 0.3) is 23.6 Å². The van der Waals surface area contributed by atoms with E-state index in [9.17, 15) is 19.2 Å². The van der Waals surface area contributed by atoms with Crippen LogP contribution in [0.2, 0.25) is 0 Å². The van der Waals surface area contributed by atoms with Gasteiger partial charge in [-0.05, 0) is 0 Å². The number of methoxy groups -OCH3 is 1. The molecule has 0 aromatic rings. The maximum atomic E-state index is 11.4. The minimum atomic E-state index is -1.35. The lowest BCUT2D eigenvalue weighted by molar-refractivity contribution is -0.176. The fourth-order valence-electron chi connectivity index (χ4n) is 1.59. The van der Waals surface area contributed by atoms with Gasteiger partial charge in [0, 0.05) is 31.4 Å². The zero-order valence-electron chi connectivity index (χ0n) is 8.82. The van der Waals surface area contributed by atoms with Crippen LogP contribution in [0.25, 0.3) is 0 Å². The summed E-state index contributed by atoms with van der Waals surface area (Å²) in [5, 5.41) is 0. The van der Waals surface area contributed by atoms with E-state index in [-0.39, 0.29) is 0 Å². The Hall–Kier alpha value is -2.28. The predicted molar refractivity (Wildman–Crippen MR) is 52.8 cm³/mol. The first-order valence-corrected chi connectivity index (χ1v) is 4.69. The largest absolute Gasteiger partial charge is 0.343 e. The van der Waals surface area contributed by atoms with Crippen LogP contribution >= 0.6 is 0 Å². The first-order valence-electron chi connectivity index (χ1n) is 4.69. The van der Waals surface area contributed by atoms with Crippen LogP contribution in [-0.4, -0.2) is 46.9 Å². The Bertz CT molecular complexity index is 401. The summed E-state index contributed by atoms with van der Waals surface area (Å²) in [7, 11) is 1.20. The number of carbonyl (C=O) groups is 4. The van der Waals surface area contributed by atoms with Crippen LogP contribution in [0, 0.1) is 0 Å². The number of amides is 4. The standard InChI is InChI=1S/C10H8N2O5/c1-17-10(11-6(13)2-3-7(11)14)12-8(15)4-5-9(12)16/h2-5,10H,1H3. The third kappa shape index (κ3) is 1.66. The van der Waals surface area contributed by atoms with E-state index >= 15 is 0 Å². The van der Waals surface area contributed by atoms with Gasteiger partial charge in [-0.1, -0.05) is 0 Å². The van der Waals surface area contributed by atoms with Gasteiger partial charge in [0.15, 0.2) is 0 Å². The highest BCUT2D eigenvalue weighted by Crippen LogP contribution is 2.17. The molecule has 2 rings (SSSR count). The number of carbonyl (C=O) groups excluding carboxylic acids is 4. The molecule has 2 heterocycles. The SMILES string of the molecule is COC(N1C(=O)C=CC1=O)N1C(=O)C=CC1=O. The molecule has 0 radical (unpaired) electrons. The maximum absolute atomic E-state index is 11.4. The molecule has 0 fully saturated rings. The Morgan fingerprint density at radius 1 is 0.824 bits per heavy atom. The van der Waals surface area contributed by atoms with Gasteiger partial charge in [0.2, 0.25) is 6.35 Å². The average molecular weight is 236 g/mol. The van der Waals surface area contributed by atoms with Crippen LogP contribution in [0.15, 0.2) is 24.3 Å². The predicted octanol–water partition coefficient (Wildman–Crippen LogP) is -1.23. The van der Waals surface area contributed by atoms with Crippen molar-refractivity contribution in [2.24, 2.45) is 0 Å². The molecular weight excluding hydrogens is 228 g/mol. The van der Waals surface area contributed by atoms with E-state index in [1.54, 1.807) is 0 Å². The molecule has 0 saturated carbocycles. The second kappa shape index (κ2) is 3.95. The Morgan fingerprint density at radius 3 is 1.35 bits per heavy atom. The van der Waals surface area contributed by atoms with Crippen molar-refractivity contribution in [3.05, 3.63) is 24.3 Å². The summed E-state index contributed by atoms with van der Waals surface area (Å²) >= 11 is 0. The Labute approximate surface area is 95.9 Å². The van der Waals surface area contributed by atoms with Crippen LogP contribution in [0.4, 0.5) is 0 Å². The molecule has 88 valence electrons. The van der Waals surface area contributed by atoms with E-state index in [1.165, 1.54) is 7.11 Å². The Kier molecular flexibility index (Phi) is 2.60. The zero-order valence-corrected chi connectivity index (χ0v) is 8.82. The number of ether oxygens (including phenoxy) is 1. The summed E-state index contributed by atoms with van der Waals surface area (Å²) in [5.74, 6) is -2.52. The summed E-state index contributed by atoms with van der Waals surface area (Å²) in [5.41, 5.74) is 0. The monoisotopic (exact) mass is 236 g/mol. The van der Waals surface area contributed by atoms with Gasteiger partial charge in [-0.3, -0.25) is 19.2 Å². The minimum Gasteiger partial charge on any atom is -0.343 e. The summed E-state index contributed by atoms with van der Waals surface area (Å²) in [6, 6.07) is 0. The fraction of sp³-hybridized carbons (Fsp3) is 0.200. The van der Waals surface area contributed by atoms with E-state index < -0.39 is 30.0 Å². The Morgan fingerprint density at radius 2 is 1.12 bits per heavy atom. The molecule has 17 heavy (non-hydrogen) atoms. The summed E-state index contributed by atoms with van der Waals surface area (Å²) < 4.78 is 4.89. The van der Waals surface area contributed by atoms with Crippen molar-refractivity contribution in [2.75, 3.05) is 7.11 Å². The number of hydrogen-bond donors (Lipinski definition) is 0. The van der Waals surface area contributed by atoms with Gasteiger partial charge in [0.1, 0.15) is 0 Å². The third-order valence-corrected chi connectivity index (χ3v) is 2.34. The lowest BCUT2D eigenvalue weighted by Crippen LogP contribution is -2.54. The van der Waals surface area contributed by atoms with Crippen molar-refractivity contribution in [3.8, 4) is 0 Å². The van der Waals surface area contributed by atoms with Crippen LogP contribution in [0.5, 0.6) is 0 Å². The fourth-order valence-corrected chi connectivity index (χ4v) is 1.59. The van der Waals surface area contributed by atoms with Crippen LogP contribution in [0.1, 0.15) is 0 Å². The molecule has 2 aliphatic rings. The quantitative estimate of drug-likeness (QED) is 0.573. The molecule has 0 atom stereocenters. The number of imide groups is 2. The smallest absolute Gasteiger partial charge is 0.257 e. The zero-order chi connectivity index (χ0) is 12.6. The molecule has 0 bridgehead atoms. The first-order chi connectivity index (χ1) is 8.06. The van der Waals surface area contributed by atoms with E-state index in [4.69, 9.17) is 4.74 Å². The average Bonchev–Trinajstić information content (AvgIpc) is 2.78. The van der Waals surface area contributed by atoms with Crippen molar-refractivity contribution in [3.63, 3.8) is 0 Å². The molecule has 4 amide bonds. The molecule has 0 aromatic carbocycles. The molecule has 7 nitrogen and oxygen atoms in total. The van der Waals surface area contributed by atoms with Crippen molar-refractivity contribution in [1.29, 1.82) is 0 Å². The van der Waals surface area contributed by atoms with Gasteiger partial charge in [-0.2, -0.15) is 0 Å². The maximum Gasteiger partial charge on any atom is 0.257 e. The number of nitrogens with zero attached hydrogens (tertiary/aromatic N) is 2. The van der Waals surface area contributed by atoms with Gasteiger partial charge in [0.05, 0.1) is 0 Å². The first kappa shape index (κ1) is 11.2. The van der Waals surface area contributed by atoms with Gasteiger partial charge < -0.3 is 4.74 Å². The molecule has 7 heteroatoms. The highest BCUT2D eigenvalue weighted by Gasteiger charge is 2.41. The molecule has 0 saturated heterocycles. The van der Waals surface area contributed by atoms with E-state index in [0.29, 0.717) is 9.80 Å². The molecular formula is C10H8N2O5. The van der Waals surface area contributed by atoms with Crippen molar-refractivity contribution < 1.29 is 23.9 Å². The van der Waals surface area contributed by atoms with Gasteiger partial charge in [-0.15, -0.1) is 0 Å². The summed E-state index contributed by atoms with van der Waals surface area (Å²) in [4.78, 5) is 47.1. The normalized spacial score (nSPS) is 19.4. The van der Waals surface area contributed by atoms with Crippen molar-refractivity contribution in [2.45, 2.75) is 6.35 Å². The molecule has 0 aromatic heterocycles. The van der Waals surface area contributed by atoms with E-state index in [0.717, 1.165) is 24.3 Å². The van der Waals surface area contributed by atoms with E-state index in [1.807, 2.05) is 0 Å². The highest BCUT2D eigenvalue weighted by atomic mass is 16.5. The summed E-state index contributed by atoms with van der Waals surface area (Å²) in [6.45, 7) is 0.